The molecule has 0 aromatic carbocycles. The molecule has 0 spiro atoms. The van der Waals surface area contributed by atoms with E-state index in [2.05, 4.69) is 25.6 Å². The number of hydrogen-bond acceptors (Lipinski definition) is 6. The topological polar surface area (TPSA) is 77.2 Å². The van der Waals surface area contributed by atoms with Gasteiger partial charge in [0, 0.05) is 26.5 Å². The average Bonchev–Trinajstić information content (AvgIpc) is 2.96. The summed E-state index contributed by atoms with van der Waals surface area (Å²) in [5.41, 5.74) is 2.55. The Hall–Kier alpha value is -2.54. The van der Waals surface area contributed by atoms with Crippen molar-refractivity contribution in [2.24, 2.45) is 0 Å². The minimum atomic E-state index is 0.635. The normalized spacial score (nSPS) is 11.0. The van der Waals surface area contributed by atoms with Crippen LogP contribution in [0.4, 0.5) is 5.82 Å². The van der Waals surface area contributed by atoms with Crippen LogP contribution in [0.5, 0.6) is 0 Å². The highest BCUT2D eigenvalue weighted by molar-refractivity contribution is 5.55. The predicted octanol–water partition coefficient (Wildman–Crippen LogP) is 1.94. The lowest BCUT2D eigenvalue weighted by atomic mass is 10.3. The number of hydrogen-bond donors (Lipinski definition) is 1. The van der Waals surface area contributed by atoms with Crippen molar-refractivity contribution in [2.45, 2.75) is 13.3 Å². The van der Waals surface area contributed by atoms with Crippen LogP contribution in [-0.4, -0.2) is 45.1 Å². The summed E-state index contributed by atoms with van der Waals surface area (Å²) >= 11 is 0. The molecular formula is C15H18N6O. The van der Waals surface area contributed by atoms with Gasteiger partial charge in [-0.15, -0.1) is 15.3 Å². The number of methoxy groups -OCH3 is 1. The molecule has 0 fully saturated rings. The van der Waals surface area contributed by atoms with Gasteiger partial charge >= 0.3 is 0 Å². The van der Waals surface area contributed by atoms with E-state index in [-0.39, 0.29) is 0 Å². The summed E-state index contributed by atoms with van der Waals surface area (Å²) in [6, 6.07) is 7.70. The zero-order chi connectivity index (χ0) is 15.4. The van der Waals surface area contributed by atoms with E-state index in [0.717, 1.165) is 36.6 Å². The van der Waals surface area contributed by atoms with Crippen LogP contribution in [0, 0.1) is 6.92 Å². The summed E-state index contributed by atoms with van der Waals surface area (Å²) < 4.78 is 6.73. The number of fused-ring (bicyclic) bond motifs is 1. The number of nitrogens with one attached hydrogen (secondary N) is 1. The van der Waals surface area contributed by atoms with Crippen LogP contribution in [0.2, 0.25) is 0 Å². The molecule has 0 atom stereocenters. The van der Waals surface area contributed by atoms with Crippen molar-refractivity contribution in [3.8, 4) is 11.5 Å². The molecule has 0 radical (unpaired) electrons. The first-order valence-electron chi connectivity index (χ1n) is 7.16. The van der Waals surface area contributed by atoms with Crippen LogP contribution in [0.3, 0.4) is 0 Å². The molecule has 3 aromatic rings. The van der Waals surface area contributed by atoms with Gasteiger partial charge in [-0.3, -0.25) is 4.98 Å². The Morgan fingerprint density at radius 1 is 1.18 bits per heavy atom. The van der Waals surface area contributed by atoms with Crippen LogP contribution in [0.1, 0.15) is 12.0 Å². The highest BCUT2D eigenvalue weighted by atomic mass is 16.5. The molecule has 0 unspecified atom stereocenters. The number of aryl methyl sites for hydroxylation is 1. The first-order valence-corrected chi connectivity index (χ1v) is 7.16. The maximum atomic E-state index is 5.03. The van der Waals surface area contributed by atoms with E-state index < -0.39 is 0 Å². The van der Waals surface area contributed by atoms with Crippen molar-refractivity contribution in [2.75, 3.05) is 25.6 Å². The van der Waals surface area contributed by atoms with Crippen molar-refractivity contribution < 1.29 is 4.74 Å². The molecule has 3 heterocycles. The van der Waals surface area contributed by atoms with Gasteiger partial charge in [-0.1, -0.05) is 6.07 Å². The molecule has 0 saturated carbocycles. The van der Waals surface area contributed by atoms with Crippen LogP contribution in [-0.2, 0) is 4.74 Å². The Balaban J connectivity index is 1.86. The summed E-state index contributed by atoms with van der Waals surface area (Å²) in [6.45, 7) is 3.52. The van der Waals surface area contributed by atoms with Gasteiger partial charge in [-0.25, -0.2) is 0 Å². The minimum absolute atomic E-state index is 0.635. The first kappa shape index (κ1) is 14.4. The molecule has 114 valence electrons. The number of ether oxygens (including phenoxy) is 1. The molecular weight excluding hydrogens is 280 g/mol. The summed E-state index contributed by atoms with van der Waals surface area (Å²) in [5.74, 6) is 1.41. The predicted molar refractivity (Wildman–Crippen MR) is 83.7 cm³/mol. The number of nitrogens with zero attached hydrogens (tertiary/aromatic N) is 5. The Kier molecular flexibility index (Phi) is 4.24. The van der Waals surface area contributed by atoms with E-state index in [4.69, 9.17) is 4.74 Å². The van der Waals surface area contributed by atoms with Crippen molar-refractivity contribution in [3.05, 3.63) is 36.0 Å². The van der Waals surface area contributed by atoms with Gasteiger partial charge in [-0.2, -0.15) is 4.52 Å². The summed E-state index contributed by atoms with van der Waals surface area (Å²) in [6.07, 6.45) is 2.73. The van der Waals surface area contributed by atoms with E-state index in [9.17, 15) is 0 Å². The van der Waals surface area contributed by atoms with Gasteiger partial charge in [0.05, 0.1) is 0 Å². The SMILES string of the molecule is COCCCNc1ccc2nnc(-c3ccc(C)cn3)n2n1. The molecule has 0 aliphatic carbocycles. The number of pyridine rings is 1. The lowest BCUT2D eigenvalue weighted by molar-refractivity contribution is 0.197. The molecule has 0 aliphatic rings. The molecule has 1 N–H and O–H groups in total. The van der Waals surface area contributed by atoms with Crippen LogP contribution >= 0.6 is 0 Å². The standard InChI is InChI=1S/C15H18N6O/c1-11-4-5-12(17-10-11)15-19-18-14-7-6-13(20-21(14)15)16-8-3-9-22-2/h4-7,10H,3,8-9H2,1-2H3,(H,16,20). The van der Waals surface area contributed by atoms with Gasteiger partial charge < -0.3 is 10.1 Å². The van der Waals surface area contributed by atoms with Gasteiger partial charge in [0.15, 0.2) is 5.65 Å². The fourth-order valence-electron chi connectivity index (χ4n) is 2.08. The molecule has 7 nitrogen and oxygen atoms in total. The molecule has 0 saturated heterocycles. The van der Waals surface area contributed by atoms with Gasteiger partial charge in [0.25, 0.3) is 0 Å². The lowest BCUT2D eigenvalue weighted by Crippen LogP contribution is -2.08. The molecule has 3 rings (SSSR count). The number of rotatable bonds is 6. The third kappa shape index (κ3) is 3.04. The third-order valence-corrected chi connectivity index (χ3v) is 3.23. The van der Waals surface area contributed by atoms with E-state index in [0.29, 0.717) is 11.5 Å². The van der Waals surface area contributed by atoms with Crippen LogP contribution < -0.4 is 5.32 Å². The smallest absolute Gasteiger partial charge is 0.203 e. The lowest BCUT2D eigenvalue weighted by Gasteiger charge is -2.06. The van der Waals surface area contributed by atoms with Gasteiger partial charge in [0.1, 0.15) is 11.5 Å². The van der Waals surface area contributed by atoms with Gasteiger partial charge in [0.2, 0.25) is 5.82 Å². The Morgan fingerprint density at radius 3 is 2.86 bits per heavy atom. The Morgan fingerprint density at radius 2 is 2.09 bits per heavy atom. The Labute approximate surface area is 128 Å². The van der Waals surface area contributed by atoms with Crippen molar-refractivity contribution >= 4 is 11.5 Å². The Bertz CT molecular complexity index is 752. The average molecular weight is 298 g/mol. The monoisotopic (exact) mass is 298 g/mol. The molecule has 22 heavy (non-hydrogen) atoms. The van der Waals surface area contributed by atoms with Crippen molar-refractivity contribution in [1.82, 2.24) is 24.8 Å². The zero-order valence-corrected chi connectivity index (χ0v) is 12.7. The van der Waals surface area contributed by atoms with Crippen molar-refractivity contribution in [1.29, 1.82) is 0 Å². The fraction of sp³-hybridized carbons (Fsp3) is 0.333. The van der Waals surface area contributed by atoms with E-state index >= 15 is 0 Å². The summed E-state index contributed by atoms with van der Waals surface area (Å²) in [5, 5.41) is 16.1. The summed E-state index contributed by atoms with van der Waals surface area (Å²) in [4.78, 5) is 4.39. The van der Waals surface area contributed by atoms with Gasteiger partial charge in [-0.05, 0) is 37.1 Å². The molecule has 7 heteroatoms. The largest absolute Gasteiger partial charge is 0.385 e. The molecule has 0 aliphatic heterocycles. The van der Waals surface area contributed by atoms with E-state index in [1.54, 1.807) is 11.6 Å². The highest BCUT2D eigenvalue weighted by Gasteiger charge is 2.10. The minimum Gasteiger partial charge on any atom is -0.385 e. The third-order valence-electron chi connectivity index (χ3n) is 3.23. The number of anilines is 1. The highest BCUT2D eigenvalue weighted by Crippen LogP contribution is 2.16. The number of aromatic nitrogens is 5. The maximum Gasteiger partial charge on any atom is 0.203 e. The second-order valence-electron chi connectivity index (χ2n) is 5.01. The van der Waals surface area contributed by atoms with E-state index in [1.807, 2.05) is 37.4 Å². The molecule has 0 bridgehead atoms. The van der Waals surface area contributed by atoms with Crippen LogP contribution in [0.15, 0.2) is 30.5 Å². The first-order chi connectivity index (χ1) is 10.8. The van der Waals surface area contributed by atoms with Crippen LogP contribution in [0.25, 0.3) is 17.2 Å². The summed E-state index contributed by atoms with van der Waals surface area (Å²) in [7, 11) is 1.70. The van der Waals surface area contributed by atoms with E-state index in [1.165, 1.54) is 0 Å². The molecule has 0 amide bonds. The fourth-order valence-corrected chi connectivity index (χ4v) is 2.08. The zero-order valence-electron chi connectivity index (χ0n) is 12.7. The second kappa shape index (κ2) is 6.48. The molecule has 3 aromatic heterocycles. The maximum absolute atomic E-state index is 5.03. The second-order valence-corrected chi connectivity index (χ2v) is 5.01. The quantitative estimate of drug-likeness (QED) is 0.701. The van der Waals surface area contributed by atoms with Crippen molar-refractivity contribution in [3.63, 3.8) is 0 Å².